The molecule has 2 N–H and O–H groups in total. The highest BCUT2D eigenvalue weighted by Gasteiger charge is 2.29. The summed E-state index contributed by atoms with van der Waals surface area (Å²) in [5.41, 5.74) is 8.01. The molecular weight excluding hydrogens is 354 g/mol. The second-order valence-corrected chi connectivity index (χ2v) is 6.78. The molecule has 2 aromatic rings. The Morgan fingerprint density at radius 2 is 2.12 bits per heavy atom. The Morgan fingerprint density at radius 3 is 2.73 bits per heavy atom. The molecule has 1 aromatic heterocycles. The number of benzene rings is 1. The quantitative estimate of drug-likeness (QED) is 0.824. The molecule has 0 saturated carbocycles. The van der Waals surface area contributed by atoms with E-state index in [1.165, 1.54) is 13.3 Å². The number of aromatic nitrogens is 2. The molecule has 1 fully saturated rings. The summed E-state index contributed by atoms with van der Waals surface area (Å²) in [4.78, 5) is 25.2. The predicted octanol–water partition coefficient (Wildman–Crippen LogP) is 2.16. The van der Waals surface area contributed by atoms with E-state index in [1.54, 1.807) is 23.2 Å². The van der Waals surface area contributed by atoms with Crippen molar-refractivity contribution in [1.29, 1.82) is 0 Å². The number of hydrogen-bond acceptors (Lipinski definition) is 6. The lowest BCUT2D eigenvalue weighted by molar-refractivity contribution is 0.0738. The maximum absolute atomic E-state index is 13.0. The van der Waals surface area contributed by atoms with Crippen molar-refractivity contribution >= 4 is 23.2 Å². The van der Waals surface area contributed by atoms with Crippen LogP contribution in [-0.2, 0) is 0 Å². The lowest BCUT2D eigenvalue weighted by atomic mass is 10.0. The minimum atomic E-state index is -0.127. The zero-order valence-electron chi connectivity index (χ0n) is 15.1. The second-order valence-electron chi connectivity index (χ2n) is 6.42. The monoisotopic (exact) mass is 375 g/mol. The van der Waals surface area contributed by atoms with Crippen molar-refractivity contribution < 1.29 is 9.53 Å². The molecule has 0 radical (unpaired) electrons. The summed E-state index contributed by atoms with van der Waals surface area (Å²) < 4.78 is 5.47. The molecule has 2 heterocycles. The Hall–Kier alpha value is -2.38. The largest absolute Gasteiger partial charge is 0.494 e. The van der Waals surface area contributed by atoms with Crippen LogP contribution >= 0.6 is 11.6 Å². The molecule has 3 rings (SSSR count). The highest BCUT2D eigenvalue weighted by molar-refractivity contribution is 6.31. The number of methoxy groups -OCH3 is 1. The molecule has 7 nitrogen and oxygen atoms in total. The van der Waals surface area contributed by atoms with E-state index in [4.69, 9.17) is 22.1 Å². The molecule has 1 amide bonds. The third-order valence-electron chi connectivity index (χ3n) is 4.77. The Bertz CT molecular complexity index is 829. The Balaban J connectivity index is 1.97. The van der Waals surface area contributed by atoms with Gasteiger partial charge in [0, 0.05) is 37.6 Å². The minimum Gasteiger partial charge on any atom is -0.494 e. The molecule has 1 unspecified atom stereocenters. The fourth-order valence-corrected chi connectivity index (χ4v) is 3.48. The van der Waals surface area contributed by atoms with Gasteiger partial charge < -0.3 is 20.3 Å². The van der Waals surface area contributed by atoms with E-state index in [0.29, 0.717) is 22.6 Å². The van der Waals surface area contributed by atoms with Crippen molar-refractivity contribution in [2.45, 2.75) is 12.5 Å². The van der Waals surface area contributed by atoms with Gasteiger partial charge in [-0.3, -0.25) is 9.78 Å². The Labute approximate surface area is 157 Å². The number of rotatable bonds is 4. The summed E-state index contributed by atoms with van der Waals surface area (Å²) in [6, 6.07) is 3.61. The van der Waals surface area contributed by atoms with Gasteiger partial charge in [0.2, 0.25) is 0 Å². The number of nitrogens with two attached hydrogens (primary N) is 1. The summed E-state index contributed by atoms with van der Waals surface area (Å²) in [5.74, 6) is 0.244. The van der Waals surface area contributed by atoms with Crippen molar-refractivity contribution in [2.75, 3.05) is 40.0 Å². The number of carbonyl (C=O) groups excluding carboxylic acids is 1. The number of likely N-dealkylation sites (N-methyl/N-ethyl adjacent to an activating group) is 2. The van der Waals surface area contributed by atoms with Gasteiger partial charge in [0.1, 0.15) is 5.69 Å². The van der Waals surface area contributed by atoms with Crippen LogP contribution in [0, 0.1) is 0 Å². The van der Waals surface area contributed by atoms with Crippen LogP contribution in [-0.4, -0.2) is 66.0 Å². The van der Waals surface area contributed by atoms with Crippen LogP contribution in [0.4, 0.5) is 5.69 Å². The number of carbonyl (C=O) groups is 1. The molecule has 0 aliphatic carbocycles. The zero-order valence-corrected chi connectivity index (χ0v) is 15.8. The molecular formula is C18H22ClN5O2. The molecule has 0 bridgehead atoms. The van der Waals surface area contributed by atoms with Crippen LogP contribution in [0.1, 0.15) is 16.8 Å². The SMILES string of the molecule is COc1c(-c2nccnc2Cl)ccc(C(=O)N(C)C2CCN(C)C2)c1N. The van der Waals surface area contributed by atoms with Gasteiger partial charge in [-0.05, 0) is 32.1 Å². The molecule has 0 spiro atoms. The third-order valence-corrected chi connectivity index (χ3v) is 5.05. The standard InChI is InChI=1S/C18H22ClN5O2/c1-23-9-6-11(10-23)24(2)18(25)12-4-5-13(16(26-3)14(12)20)15-17(19)22-8-7-21-15/h4-5,7-8,11H,6,9-10,20H2,1-3H3. The van der Waals surface area contributed by atoms with Crippen LogP contribution in [0.5, 0.6) is 5.75 Å². The van der Waals surface area contributed by atoms with Crippen molar-refractivity contribution in [1.82, 2.24) is 19.8 Å². The van der Waals surface area contributed by atoms with E-state index < -0.39 is 0 Å². The molecule has 1 atom stereocenters. The molecule has 1 aromatic carbocycles. The molecule has 138 valence electrons. The third kappa shape index (κ3) is 3.32. The van der Waals surface area contributed by atoms with Gasteiger partial charge in [0.25, 0.3) is 5.91 Å². The van der Waals surface area contributed by atoms with Crippen LogP contribution in [0.15, 0.2) is 24.5 Å². The van der Waals surface area contributed by atoms with Gasteiger partial charge in [-0.1, -0.05) is 11.6 Å². The van der Waals surface area contributed by atoms with Crippen LogP contribution in [0.3, 0.4) is 0 Å². The average molecular weight is 376 g/mol. The second kappa shape index (κ2) is 7.47. The first-order valence-corrected chi connectivity index (χ1v) is 8.70. The lowest BCUT2D eigenvalue weighted by Gasteiger charge is -2.25. The van der Waals surface area contributed by atoms with Crippen LogP contribution in [0.2, 0.25) is 5.15 Å². The van der Waals surface area contributed by atoms with E-state index in [2.05, 4.69) is 21.9 Å². The number of amides is 1. The van der Waals surface area contributed by atoms with Gasteiger partial charge in [0.15, 0.2) is 10.9 Å². The smallest absolute Gasteiger partial charge is 0.256 e. The fraction of sp³-hybridized carbons (Fsp3) is 0.389. The maximum atomic E-state index is 13.0. The first-order valence-electron chi connectivity index (χ1n) is 8.33. The zero-order chi connectivity index (χ0) is 18.8. The Morgan fingerprint density at radius 1 is 1.38 bits per heavy atom. The summed E-state index contributed by atoms with van der Waals surface area (Å²) in [5, 5.41) is 0.246. The summed E-state index contributed by atoms with van der Waals surface area (Å²) in [6.07, 6.45) is 4.00. The van der Waals surface area contributed by atoms with Gasteiger partial charge in [-0.15, -0.1) is 0 Å². The summed E-state index contributed by atoms with van der Waals surface area (Å²) in [6.45, 7) is 1.83. The maximum Gasteiger partial charge on any atom is 0.256 e. The highest BCUT2D eigenvalue weighted by atomic mass is 35.5. The first-order chi connectivity index (χ1) is 12.4. The Kier molecular flexibility index (Phi) is 5.29. The van der Waals surface area contributed by atoms with E-state index in [9.17, 15) is 4.79 Å². The predicted molar refractivity (Wildman–Crippen MR) is 101 cm³/mol. The van der Waals surface area contributed by atoms with E-state index in [1.807, 2.05) is 7.05 Å². The van der Waals surface area contributed by atoms with Crippen molar-refractivity contribution in [3.05, 3.63) is 35.2 Å². The molecule has 1 aliphatic heterocycles. The van der Waals surface area contributed by atoms with E-state index in [0.717, 1.165) is 19.5 Å². The number of hydrogen-bond donors (Lipinski definition) is 1. The summed E-state index contributed by atoms with van der Waals surface area (Å²) in [7, 11) is 5.37. The normalized spacial score (nSPS) is 17.3. The van der Waals surface area contributed by atoms with Crippen LogP contribution in [0.25, 0.3) is 11.3 Å². The first kappa shape index (κ1) is 18.4. The number of halogens is 1. The van der Waals surface area contributed by atoms with Gasteiger partial charge in [-0.2, -0.15) is 0 Å². The average Bonchev–Trinajstić information content (AvgIpc) is 3.07. The van der Waals surface area contributed by atoms with Gasteiger partial charge >= 0.3 is 0 Å². The van der Waals surface area contributed by atoms with Crippen molar-refractivity contribution in [3.63, 3.8) is 0 Å². The highest BCUT2D eigenvalue weighted by Crippen LogP contribution is 2.38. The van der Waals surface area contributed by atoms with Crippen LogP contribution < -0.4 is 10.5 Å². The molecule has 8 heteroatoms. The molecule has 26 heavy (non-hydrogen) atoms. The lowest BCUT2D eigenvalue weighted by Crippen LogP contribution is -2.38. The van der Waals surface area contributed by atoms with Crippen molar-refractivity contribution in [3.8, 4) is 17.0 Å². The minimum absolute atomic E-state index is 0.127. The summed E-state index contributed by atoms with van der Waals surface area (Å²) >= 11 is 6.14. The molecule has 1 aliphatic rings. The molecule has 1 saturated heterocycles. The van der Waals surface area contributed by atoms with Gasteiger partial charge in [0.05, 0.1) is 18.4 Å². The fourth-order valence-electron chi connectivity index (χ4n) is 3.28. The number of anilines is 1. The van der Waals surface area contributed by atoms with Gasteiger partial charge in [-0.25, -0.2) is 4.98 Å². The number of nitrogens with zero attached hydrogens (tertiary/aromatic N) is 4. The number of nitrogen functional groups attached to an aromatic ring is 1. The van der Waals surface area contributed by atoms with E-state index >= 15 is 0 Å². The van der Waals surface area contributed by atoms with E-state index in [-0.39, 0.29) is 22.8 Å². The number of ether oxygens (including phenoxy) is 1. The topological polar surface area (TPSA) is 84.6 Å². The van der Waals surface area contributed by atoms with Crippen molar-refractivity contribution in [2.24, 2.45) is 0 Å². The number of likely N-dealkylation sites (tertiary alicyclic amines) is 1.